The van der Waals surface area contributed by atoms with Gasteiger partial charge in [0.1, 0.15) is 5.82 Å². The zero-order chi connectivity index (χ0) is 20.4. The number of nitrogens with two attached hydrogens (primary N) is 1. The van der Waals surface area contributed by atoms with E-state index in [9.17, 15) is 23.9 Å². The molecule has 2 aliphatic rings. The fraction of sp³-hybridized carbons (Fsp3) is 0.316. The van der Waals surface area contributed by atoms with Crippen molar-refractivity contribution in [1.29, 1.82) is 0 Å². The third-order valence-corrected chi connectivity index (χ3v) is 4.86. The molecule has 0 saturated carbocycles. The summed E-state index contributed by atoms with van der Waals surface area (Å²) in [7, 11) is 0. The summed E-state index contributed by atoms with van der Waals surface area (Å²) in [6.45, 7) is 2.16. The third kappa shape index (κ3) is 3.83. The van der Waals surface area contributed by atoms with Crippen LogP contribution in [0.25, 0.3) is 0 Å². The number of carboxylic acids is 1. The molecule has 1 aromatic carbocycles. The van der Waals surface area contributed by atoms with Gasteiger partial charge in [0.25, 0.3) is 0 Å². The molecule has 3 amide bonds. The largest absolute Gasteiger partial charge is 0.480 e. The molecule has 2 unspecified atom stereocenters. The SMILES string of the molecule is CC(NC(=O)N1C(=O)[C@H](CC2=CCNC(N)=C2)C1C(=O)O)c1ccc(F)cc1. The number of rotatable bonds is 5. The van der Waals surface area contributed by atoms with E-state index in [4.69, 9.17) is 5.73 Å². The summed E-state index contributed by atoms with van der Waals surface area (Å²) in [6.07, 6.45) is 3.66. The molecule has 0 bridgehead atoms. The Bertz CT molecular complexity index is 865. The Hall–Kier alpha value is -3.36. The summed E-state index contributed by atoms with van der Waals surface area (Å²) < 4.78 is 13.0. The fourth-order valence-corrected chi connectivity index (χ4v) is 3.35. The van der Waals surface area contributed by atoms with Crippen LogP contribution in [0.4, 0.5) is 9.18 Å². The Morgan fingerprint density at radius 1 is 1.39 bits per heavy atom. The summed E-state index contributed by atoms with van der Waals surface area (Å²) in [6, 6.07) is 2.97. The molecule has 0 radical (unpaired) electrons. The second-order valence-corrected chi connectivity index (χ2v) is 6.78. The number of likely N-dealkylation sites (tertiary alicyclic amines) is 1. The van der Waals surface area contributed by atoms with Gasteiger partial charge in [-0.05, 0) is 42.7 Å². The van der Waals surface area contributed by atoms with E-state index < -0.39 is 41.7 Å². The molecule has 9 heteroatoms. The van der Waals surface area contributed by atoms with Crippen molar-refractivity contribution in [3.8, 4) is 0 Å². The Kier molecular flexibility index (Phi) is 5.34. The van der Waals surface area contributed by atoms with Crippen LogP contribution < -0.4 is 16.4 Å². The molecule has 8 nitrogen and oxygen atoms in total. The number of carboxylic acid groups (broad SMARTS) is 1. The van der Waals surface area contributed by atoms with E-state index in [-0.39, 0.29) is 6.42 Å². The van der Waals surface area contributed by atoms with Crippen LogP contribution in [-0.4, -0.2) is 40.5 Å². The number of halogens is 1. The highest BCUT2D eigenvalue weighted by molar-refractivity contribution is 6.07. The second-order valence-electron chi connectivity index (χ2n) is 6.78. The van der Waals surface area contributed by atoms with Gasteiger partial charge < -0.3 is 21.5 Å². The molecule has 28 heavy (non-hydrogen) atoms. The number of hydrogen-bond donors (Lipinski definition) is 4. The molecule has 1 saturated heterocycles. The van der Waals surface area contributed by atoms with Crippen molar-refractivity contribution in [1.82, 2.24) is 15.5 Å². The number of benzene rings is 1. The molecule has 1 aromatic rings. The van der Waals surface area contributed by atoms with E-state index in [2.05, 4.69) is 10.6 Å². The number of carbonyl (C=O) groups excluding carboxylic acids is 2. The number of aliphatic carboxylic acids is 1. The first-order chi connectivity index (χ1) is 13.3. The number of hydrogen-bond acceptors (Lipinski definition) is 5. The van der Waals surface area contributed by atoms with Gasteiger partial charge in [0.2, 0.25) is 5.91 Å². The molecular formula is C19H21FN4O4. The van der Waals surface area contributed by atoms with Crippen LogP contribution in [0.5, 0.6) is 0 Å². The second kappa shape index (κ2) is 7.71. The van der Waals surface area contributed by atoms with Crippen molar-refractivity contribution in [2.24, 2.45) is 11.7 Å². The first-order valence-electron chi connectivity index (χ1n) is 8.80. The Morgan fingerprint density at radius 3 is 2.68 bits per heavy atom. The molecule has 2 aliphatic heterocycles. The number of nitrogens with one attached hydrogen (secondary N) is 2. The van der Waals surface area contributed by atoms with Crippen LogP contribution in [0.15, 0.2) is 47.8 Å². The Morgan fingerprint density at radius 2 is 2.07 bits per heavy atom. The van der Waals surface area contributed by atoms with Gasteiger partial charge in [0.15, 0.2) is 6.04 Å². The van der Waals surface area contributed by atoms with Crippen LogP contribution in [0.1, 0.15) is 24.9 Å². The molecule has 0 aliphatic carbocycles. The lowest BCUT2D eigenvalue weighted by atomic mass is 9.82. The van der Waals surface area contributed by atoms with Gasteiger partial charge in [0, 0.05) is 6.54 Å². The topological polar surface area (TPSA) is 125 Å². The van der Waals surface area contributed by atoms with E-state index in [0.29, 0.717) is 17.9 Å². The van der Waals surface area contributed by atoms with Crippen molar-refractivity contribution in [2.45, 2.75) is 25.4 Å². The van der Waals surface area contributed by atoms with Gasteiger partial charge in [-0.3, -0.25) is 4.79 Å². The molecule has 1 fully saturated rings. The summed E-state index contributed by atoms with van der Waals surface area (Å²) in [4.78, 5) is 37.4. The van der Waals surface area contributed by atoms with Crippen molar-refractivity contribution >= 4 is 17.9 Å². The maximum Gasteiger partial charge on any atom is 0.327 e. The number of allylic oxidation sites excluding steroid dienone is 2. The summed E-state index contributed by atoms with van der Waals surface area (Å²) in [5.74, 6) is -2.60. The summed E-state index contributed by atoms with van der Waals surface area (Å²) >= 11 is 0. The van der Waals surface area contributed by atoms with Gasteiger partial charge in [-0.2, -0.15) is 0 Å². The van der Waals surface area contributed by atoms with Gasteiger partial charge in [-0.25, -0.2) is 18.9 Å². The average Bonchev–Trinajstić information content (AvgIpc) is 2.63. The maximum absolute atomic E-state index is 13.0. The van der Waals surface area contributed by atoms with Crippen LogP contribution in [0.3, 0.4) is 0 Å². The van der Waals surface area contributed by atoms with E-state index in [1.165, 1.54) is 24.3 Å². The quantitative estimate of drug-likeness (QED) is 0.562. The molecule has 2 heterocycles. The van der Waals surface area contributed by atoms with E-state index >= 15 is 0 Å². The van der Waals surface area contributed by atoms with Crippen molar-refractivity contribution in [3.63, 3.8) is 0 Å². The molecule has 3 atom stereocenters. The average molecular weight is 388 g/mol. The van der Waals surface area contributed by atoms with Crippen molar-refractivity contribution < 1.29 is 23.9 Å². The van der Waals surface area contributed by atoms with Gasteiger partial charge >= 0.3 is 12.0 Å². The normalized spacial score (nSPS) is 22.4. The Labute approximate surface area is 160 Å². The summed E-state index contributed by atoms with van der Waals surface area (Å²) in [5.41, 5.74) is 7.08. The van der Waals surface area contributed by atoms with Crippen molar-refractivity contribution in [3.05, 3.63) is 59.2 Å². The standard InChI is InChI=1S/C19H21FN4O4/c1-10(12-2-4-13(20)5-3-12)23-19(28)24-16(18(26)27)14(17(24)25)8-11-6-7-22-15(21)9-11/h2-6,9-10,14,16,22H,7-8,21H2,1H3,(H,23,28)(H,26,27)/t10?,14-,16?/m1/s1. The van der Waals surface area contributed by atoms with Gasteiger partial charge in [-0.1, -0.05) is 18.2 Å². The molecule has 3 rings (SSSR count). The van der Waals surface area contributed by atoms with Crippen LogP contribution in [-0.2, 0) is 9.59 Å². The third-order valence-electron chi connectivity index (χ3n) is 4.86. The number of amides is 3. The number of nitrogens with zero attached hydrogens (tertiary/aromatic N) is 1. The monoisotopic (exact) mass is 388 g/mol. The number of imide groups is 1. The highest BCUT2D eigenvalue weighted by atomic mass is 19.1. The first kappa shape index (κ1) is 19.4. The van der Waals surface area contributed by atoms with Crippen LogP contribution in [0, 0.1) is 11.7 Å². The minimum absolute atomic E-state index is 0.190. The molecule has 148 valence electrons. The lowest BCUT2D eigenvalue weighted by Gasteiger charge is -2.43. The van der Waals surface area contributed by atoms with E-state index in [0.717, 1.165) is 10.5 Å². The predicted molar refractivity (Wildman–Crippen MR) is 98.1 cm³/mol. The smallest absolute Gasteiger partial charge is 0.327 e. The molecule has 5 N–H and O–H groups in total. The van der Waals surface area contributed by atoms with E-state index in [1.54, 1.807) is 13.0 Å². The fourth-order valence-electron chi connectivity index (χ4n) is 3.35. The first-order valence-corrected chi connectivity index (χ1v) is 8.80. The molecular weight excluding hydrogens is 367 g/mol. The highest BCUT2D eigenvalue weighted by Crippen LogP contribution is 2.33. The summed E-state index contributed by atoms with van der Waals surface area (Å²) in [5, 5.41) is 15.0. The number of dihydropyridines is 1. The lowest BCUT2D eigenvalue weighted by molar-refractivity contribution is -0.165. The van der Waals surface area contributed by atoms with Crippen LogP contribution in [0.2, 0.25) is 0 Å². The maximum atomic E-state index is 13.0. The molecule has 0 aromatic heterocycles. The van der Waals surface area contributed by atoms with Gasteiger partial charge in [-0.15, -0.1) is 0 Å². The lowest BCUT2D eigenvalue weighted by Crippen LogP contribution is -2.68. The Balaban J connectivity index is 1.68. The van der Waals surface area contributed by atoms with Crippen molar-refractivity contribution in [2.75, 3.05) is 6.54 Å². The zero-order valence-electron chi connectivity index (χ0n) is 15.2. The van der Waals surface area contributed by atoms with Gasteiger partial charge in [0.05, 0.1) is 17.8 Å². The van der Waals surface area contributed by atoms with E-state index in [1.807, 2.05) is 6.08 Å². The minimum atomic E-state index is -1.25. The molecule has 0 spiro atoms. The number of urea groups is 1. The highest BCUT2D eigenvalue weighted by Gasteiger charge is 2.54. The number of β-lactam (4-membered cyclic amide) rings is 1. The number of carbonyl (C=O) groups is 3. The van der Waals surface area contributed by atoms with Crippen LogP contribution >= 0.6 is 0 Å². The zero-order valence-corrected chi connectivity index (χ0v) is 15.2. The minimum Gasteiger partial charge on any atom is -0.480 e. The predicted octanol–water partition coefficient (Wildman–Crippen LogP) is 1.23.